The highest BCUT2D eigenvalue weighted by Crippen LogP contribution is 2.30. The van der Waals surface area contributed by atoms with Gasteiger partial charge in [0.2, 0.25) is 6.10 Å². The summed E-state index contributed by atoms with van der Waals surface area (Å²) in [6.45, 7) is 8.37. The molecule has 0 saturated carbocycles. The SMILES string of the molecule is CC(C)C[C@@H](NC(=O)OC(C(=O)OC(C)(C)C)c1ccccc1N([O-])O)C(=O)O. The normalized spacial score (nSPS) is 13.4. The van der Waals surface area contributed by atoms with Crippen LogP contribution in [0.4, 0.5) is 10.5 Å². The fraction of sp³-hybridized carbons (Fsp3) is 0.526. The number of para-hydroxylation sites is 1. The molecule has 0 saturated heterocycles. The molecule has 1 unspecified atom stereocenters. The second-order valence-corrected chi connectivity index (χ2v) is 7.82. The second-order valence-electron chi connectivity index (χ2n) is 7.82. The van der Waals surface area contributed by atoms with Crippen molar-refractivity contribution in [3.05, 3.63) is 35.0 Å². The van der Waals surface area contributed by atoms with E-state index in [1.165, 1.54) is 24.3 Å². The van der Waals surface area contributed by atoms with Crippen molar-refractivity contribution in [2.75, 3.05) is 5.23 Å². The minimum atomic E-state index is -1.71. The average molecular weight is 411 g/mol. The van der Waals surface area contributed by atoms with Crippen molar-refractivity contribution in [2.45, 2.75) is 58.8 Å². The van der Waals surface area contributed by atoms with Crippen LogP contribution in [-0.4, -0.2) is 40.0 Å². The molecule has 1 rings (SSSR count). The van der Waals surface area contributed by atoms with Gasteiger partial charge in [-0.05, 0) is 39.2 Å². The van der Waals surface area contributed by atoms with Gasteiger partial charge >= 0.3 is 18.0 Å². The van der Waals surface area contributed by atoms with E-state index < -0.39 is 41.0 Å². The number of aliphatic carboxylic acids is 1. The topological polar surface area (TPSA) is 148 Å². The van der Waals surface area contributed by atoms with Gasteiger partial charge in [-0.25, -0.2) is 14.4 Å². The van der Waals surface area contributed by atoms with Crippen LogP contribution >= 0.6 is 0 Å². The largest absolute Gasteiger partial charge is 0.733 e. The standard InChI is InChI=1S/C19H27N2O8/c1-11(2)10-13(16(22)23)20-18(25)28-15(17(24)29-19(3,4)5)12-8-6-7-9-14(12)21(26)27/h6-9,11,13,15,26H,10H2,1-5H3,(H,20,25)(H,22,23)/q-1/t13-,15?/m1/s1. The number of carboxylic acid groups (broad SMARTS) is 1. The number of nitrogens with one attached hydrogen (secondary N) is 1. The Kier molecular flexibility index (Phi) is 8.41. The predicted octanol–water partition coefficient (Wildman–Crippen LogP) is 2.99. The monoisotopic (exact) mass is 411 g/mol. The summed E-state index contributed by atoms with van der Waals surface area (Å²) >= 11 is 0. The Hall–Kier alpha value is -2.85. The summed E-state index contributed by atoms with van der Waals surface area (Å²) in [6, 6.07) is 4.21. The number of benzene rings is 1. The molecule has 0 radical (unpaired) electrons. The van der Waals surface area contributed by atoms with Crippen LogP contribution in [0.5, 0.6) is 0 Å². The van der Waals surface area contributed by atoms with E-state index in [1.807, 2.05) is 0 Å². The average Bonchev–Trinajstić information content (AvgIpc) is 2.57. The van der Waals surface area contributed by atoms with E-state index in [-0.39, 0.29) is 23.6 Å². The smallest absolute Gasteiger partial charge is 0.409 e. The fourth-order valence-electron chi connectivity index (χ4n) is 2.45. The molecule has 10 nitrogen and oxygen atoms in total. The summed E-state index contributed by atoms with van der Waals surface area (Å²) in [5.41, 5.74) is -1.37. The lowest BCUT2D eigenvalue weighted by Gasteiger charge is -2.29. The summed E-state index contributed by atoms with van der Waals surface area (Å²) in [7, 11) is 0. The molecule has 2 atom stereocenters. The van der Waals surface area contributed by atoms with Crippen molar-refractivity contribution in [2.24, 2.45) is 5.92 Å². The van der Waals surface area contributed by atoms with Crippen molar-refractivity contribution in [1.82, 2.24) is 5.32 Å². The molecule has 0 spiro atoms. The highest BCUT2D eigenvalue weighted by Gasteiger charge is 2.33. The zero-order valence-corrected chi connectivity index (χ0v) is 17.0. The Morgan fingerprint density at radius 1 is 1.21 bits per heavy atom. The number of hydrogen-bond donors (Lipinski definition) is 3. The van der Waals surface area contributed by atoms with Gasteiger partial charge in [-0.2, -0.15) is 0 Å². The molecular weight excluding hydrogens is 384 g/mol. The molecule has 0 aliphatic heterocycles. The van der Waals surface area contributed by atoms with Gasteiger partial charge in [0, 0.05) is 5.56 Å². The molecular formula is C19H27N2O8-. The third-order valence-corrected chi connectivity index (χ3v) is 3.57. The van der Waals surface area contributed by atoms with Crippen LogP contribution in [0.3, 0.4) is 0 Å². The Bertz CT molecular complexity index is 727. The van der Waals surface area contributed by atoms with Crippen molar-refractivity contribution in [3.63, 3.8) is 0 Å². The molecule has 1 amide bonds. The highest BCUT2D eigenvalue weighted by molar-refractivity contribution is 5.84. The van der Waals surface area contributed by atoms with Crippen LogP contribution in [0.1, 0.15) is 52.7 Å². The molecule has 1 aromatic carbocycles. The Morgan fingerprint density at radius 2 is 1.79 bits per heavy atom. The first-order chi connectivity index (χ1) is 13.3. The van der Waals surface area contributed by atoms with E-state index in [0.717, 1.165) is 0 Å². The molecule has 0 bridgehead atoms. The Balaban J connectivity index is 3.17. The van der Waals surface area contributed by atoms with Gasteiger partial charge in [0.05, 0.1) is 5.69 Å². The number of carbonyl (C=O) groups is 3. The van der Waals surface area contributed by atoms with Gasteiger partial charge in [0.15, 0.2) is 0 Å². The van der Waals surface area contributed by atoms with Crippen molar-refractivity contribution >= 4 is 23.7 Å². The number of nitrogens with zero attached hydrogens (tertiary/aromatic N) is 1. The lowest BCUT2D eigenvalue weighted by molar-refractivity contribution is -0.165. The molecule has 0 fully saturated rings. The molecule has 0 aliphatic rings. The summed E-state index contributed by atoms with van der Waals surface area (Å²) in [6.07, 6.45) is -2.75. The van der Waals surface area contributed by atoms with Crippen molar-refractivity contribution < 1.29 is 34.2 Å². The molecule has 29 heavy (non-hydrogen) atoms. The number of amides is 1. The number of alkyl carbamates (subject to hydrolysis) is 1. The number of carbonyl (C=O) groups excluding carboxylic acids is 2. The summed E-state index contributed by atoms with van der Waals surface area (Å²) in [4.78, 5) is 36.3. The van der Waals surface area contributed by atoms with Gasteiger partial charge in [-0.1, -0.05) is 32.0 Å². The fourth-order valence-corrected chi connectivity index (χ4v) is 2.45. The maximum Gasteiger partial charge on any atom is 0.409 e. The van der Waals surface area contributed by atoms with E-state index in [2.05, 4.69) is 5.32 Å². The highest BCUT2D eigenvalue weighted by atomic mass is 16.8. The lowest BCUT2D eigenvalue weighted by atomic mass is 10.0. The first-order valence-electron chi connectivity index (χ1n) is 8.99. The zero-order chi connectivity index (χ0) is 22.4. The number of ether oxygens (including phenoxy) is 2. The summed E-state index contributed by atoms with van der Waals surface area (Å²) in [5.74, 6) is -2.27. The first-order valence-corrected chi connectivity index (χ1v) is 8.99. The van der Waals surface area contributed by atoms with Crippen molar-refractivity contribution in [3.8, 4) is 0 Å². The maximum atomic E-state index is 12.6. The number of hydrogen-bond acceptors (Lipinski definition) is 8. The Labute approximate surface area is 168 Å². The number of esters is 1. The van der Waals surface area contributed by atoms with Gasteiger partial charge < -0.3 is 30.3 Å². The van der Waals surface area contributed by atoms with Gasteiger partial charge in [0.25, 0.3) is 0 Å². The quantitative estimate of drug-likeness (QED) is 0.433. The Morgan fingerprint density at radius 3 is 2.28 bits per heavy atom. The number of carboxylic acids is 1. The number of anilines is 1. The van der Waals surface area contributed by atoms with Crippen LogP contribution in [-0.2, 0) is 19.1 Å². The van der Waals surface area contributed by atoms with Crippen LogP contribution < -0.4 is 10.5 Å². The maximum absolute atomic E-state index is 12.6. The molecule has 0 aromatic heterocycles. The lowest BCUT2D eigenvalue weighted by Crippen LogP contribution is -2.43. The summed E-state index contributed by atoms with van der Waals surface area (Å²) < 4.78 is 10.4. The van der Waals surface area contributed by atoms with E-state index in [0.29, 0.717) is 0 Å². The molecule has 1 aromatic rings. The van der Waals surface area contributed by atoms with E-state index in [1.54, 1.807) is 34.6 Å². The molecule has 3 N–H and O–H groups in total. The number of rotatable bonds is 8. The van der Waals surface area contributed by atoms with E-state index >= 15 is 0 Å². The van der Waals surface area contributed by atoms with Crippen LogP contribution in [0.2, 0.25) is 0 Å². The van der Waals surface area contributed by atoms with Crippen LogP contribution in [0, 0.1) is 11.1 Å². The van der Waals surface area contributed by atoms with E-state index in [4.69, 9.17) is 9.47 Å². The summed E-state index contributed by atoms with van der Waals surface area (Å²) in [5, 5.41) is 31.7. The second kappa shape index (κ2) is 10.1. The zero-order valence-electron chi connectivity index (χ0n) is 17.0. The molecule has 162 valence electrons. The molecule has 0 aliphatic carbocycles. The molecule has 0 heterocycles. The third kappa shape index (κ3) is 7.96. The van der Waals surface area contributed by atoms with Gasteiger partial charge in [0.1, 0.15) is 11.6 Å². The predicted molar refractivity (Wildman–Crippen MR) is 103 cm³/mol. The van der Waals surface area contributed by atoms with Crippen LogP contribution in [0.15, 0.2) is 24.3 Å². The first kappa shape index (κ1) is 24.2. The minimum Gasteiger partial charge on any atom is -0.733 e. The van der Waals surface area contributed by atoms with Crippen LogP contribution in [0.25, 0.3) is 0 Å². The van der Waals surface area contributed by atoms with Gasteiger partial charge in [-0.3, -0.25) is 5.21 Å². The van der Waals surface area contributed by atoms with Gasteiger partial charge in [-0.15, -0.1) is 0 Å². The third-order valence-electron chi connectivity index (χ3n) is 3.57. The minimum absolute atomic E-state index is 0.0258. The van der Waals surface area contributed by atoms with E-state index in [9.17, 15) is 29.9 Å². The molecule has 10 heteroatoms. The van der Waals surface area contributed by atoms with Crippen molar-refractivity contribution in [1.29, 1.82) is 0 Å².